The SMILES string of the molecule is O=C1c2ccccc2C2(O)Nc3nc4nc[nH]c4c(=O)n3C12O. The first-order chi connectivity index (χ1) is 11.0. The van der Waals surface area contributed by atoms with Gasteiger partial charge in [-0.3, -0.25) is 9.59 Å². The number of rotatable bonds is 0. The highest BCUT2D eigenvalue weighted by Crippen LogP contribution is 2.51. The molecule has 1 aromatic carbocycles. The first-order valence-corrected chi connectivity index (χ1v) is 6.82. The Morgan fingerprint density at radius 2 is 1.96 bits per heavy atom. The summed E-state index contributed by atoms with van der Waals surface area (Å²) in [6.07, 6.45) is 1.29. The van der Waals surface area contributed by atoms with E-state index in [1.807, 2.05) is 0 Å². The summed E-state index contributed by atoms with van der Waals surface area (Å²) in [5.74, 6) is -0.896. The van der Waals surface area contributed by atoms with Gasteiger partial charge in [0.15, 0.2) is 11.2 Å². The Kier molecular flexibility index (Phi) is 1.89. The third kappa shape index (κ3) is 1.11. The molecule has 114 valence electrons. The summed E-state index contributed by atoms with van der Waals surface area (Å²) in [4.78, 5) is 36.0. The molecule has 0 fully saturated rings. The van der Waals surface area contributed by atoms with Crippen LogP contribution in [0.2, 0.25) is 0 Å². The van der Waals surface area contributed by atoms with Crippen LogP contribution in [-0.4, -0.2) is 35.5 Å². The van der Waals surface area contributed by atoms with Gasteiger partial charge in [-0.15, -0.1) is 0 Å². The number of nitrogens with zero attached hydrogens (tertiary/aromatic N) is 3. The van der Waals surface area contributed by atoms with Crippen molar-refractivity contribution in [3.63, 3.8) is 0 Å². The number of hydrogen-bond donors (Lipinski definition) is 4. The van der Waals surface area contributed by atoms with Crippen LogP contribution in [0.15, 0.2) is 35.4 Å². The van der Waals surface area contributed by atoms with Crippen molar-refractivity contribution < 1.29 is 15.0 Å². The number of aliphatic hydroxyl groups is 2. The number of aromatic amines is 1. The van der Waals surface area contributed by atoms with Crippen molar-refractivity contribution in [3.05, 3.63) is 52.1 Å². The number of hydrogen-bond acceptors (Lipinski definition) is 7. The van der Waals surface area contributed by atoms with E-state index >= 15 is 0 Å². The summed E-state index contributed by atoms with van der Waals surface area (Å²) < 4.78 is 0.774. The molecule has 23 heavy (non-hydrogen) atoms. The van der Waals surface area contributed by atoms with Gasteiger partial charge in [-0.2, -0.15) is 4.98 Å². The third-order valence-electron chi connectivity index (χ3n) is 4.46. The zero-order valence-electron chi connectivity index (χ0n) is 11.4. The monoisotopic (exact) mass is 311 g/mol. The van der Waals surface area contributed by atoms with Crippen LogP contribution in [0.3, 0.4) is 0 Å². The van der Waals surface area contributed by atoms with Crippen LogP contribution in [0, 0.1) is 0 Å². The second-order valence-corrected chi connectivity index (χ2v) is 5.56. The molecule has 3 aromatic rings. The summed E-state index contributed by atoms with van der Waals surface area (Å²) in [6, 6.07) is 6.24. The van der Waals surface area contributed by atoms with E-state index < -0.39 is 22.8 Å². The van der Waals surface area contributed by atoms with Crippen molar-refractivity contribution in [2.75, 3.05) is 5.32 Å². The first kappa shape index (κ1) is 12.5. The molecule has 9 nitrogen and oxygen atoms in total. The summed E-state index contributed by atoms with van der Waals surface area (Å²) >= 11 is 0. The molecule has 2 aliphatic rings. The van der Waals surface area contributed by atoms with E-state index in [1.54, 1.807) is 12.1 Å². The highest BCUT2D eigenvalue weighted by atomic mass is 16.4. The number of imidazole rings is 1. The Labute approximate surface area is 127 Å². The van der Waals surface area contributed by atoms with Crippen molar-refractivity contribution in [1.29, 1.82) is 0 Å². The molecule has 2 atom stereocenters. The minimum absolute atomic E-state index is 0.0389. The lowest BCUT2D eigenvalue weighted by Gasteiger charge is -2.29. The minimum atomic E-state index is -2.50. The quantitative estimate of drug-likeness (QED) is 0.428. The molecule has 0 bridgehead atoms. The van der Waals surface area contributed by atoms with Crippen molar-refractivity contribution >= 4 is 22.9 Å². The van der Waals surface area contributed by atoms with Crippen molar-refractivity contribution in [1.82, 2.24) is 19.5 Å². The Morgan fingerprint density at radius 1 is 1.17 bits per heavy atom. The van der Waals surface area contributed by atoms with Crippen LogP contribution in [0.4, 0.5) is 5.95 Å². The van der Waals surface area contributed by atoms with Gasteiger partial charge in [-0.25, -0.2) is 9.55 Å². The lowest BCUT2D eigenvalue weighted by molar-refractivity contribution is -0.139. The molecule has 2 unspecified atom stereocenters. The van der Waals surface area contributed by atoms with Gasteiger partial charge >= 0.3 is 0 Å². The van der Waals surface area contributed by atoms with E-state index in [2.05, 4.69) is 20.3 Å². The fourth-order valence-corrected chi connectivity index (χ4v) is 3.39. The minimum Gasteiger partial charge on any atom is -0.363 e. The van der Waals surface area contributed by atoms with Gasteiger partial charge in [-0.1, -0.05) is 24.3 Å². The zero-order valence-corrected chi connectivity index (χ0v) is 11.4. The number of aromatic nitrogens is 4. The number of ketones is 1. The van der Waals surface area contributed by atoms with Crippen LogP contribution in [0.25, 0.3) is 11.2 Å². The van der Waals surface area contributed by atoms with E-state index in [0.717, 1.165) is 4.57 Å². The van der Waals surface area contributed by atoms with Crippen molar-refractivity contribution in [2.24, 2.45) is 0 Å². The molecular weight excluding hydrogens is 302 g/mol. The second-order valence-electron chi connectivity index (χ2n) is 5.56. The molecule has 1 aliphatic heterocycles. The maximum atomic E-state index is 12.7. The number of nitrogens with one attached hydrogen (secondary N) is 2. The molecule has 4 N–H and O–H groups in total. The smallest absolute Gasteiger partial charge is 0.283 e. The Balaban J connectivity index is 1.93. The largest absolute Gasteiger partial charge is 0.363 e. The molecule has 1 aliphatic carbocycles. The molecule has 9 heteroatoms. The molecule has 0 saturated carbocycles. The summed E-state index contributed by atoms with van der Waals surface area (Å²) in [5.41, 5.74) is -4.87. The molecule has 2 aromatic heterocycles. The molecule has 0 amide bonds. The van der Waals surface area contributed by atoms with E-state index in [9.17, 15) is 19.8 Å². The molecular formula is C14H9N5O4. The van der Waals surface area contributed by atoms with Gasteiger partial charge in [0.2, 0.25) is 17.5 Å². The Bertz CT molecular complexity index is 1090. The van der Waals surface area contributed by atoms with Gasteiger partial charge in [0, 0.05) is 11.1 Å². The summed E-state index contributed by atoms with van der Waals surface area (Å²) in [6.45, 7) is 0. The molecule has 3 heterocycles. The maximum Gasteiger partial charge on any atom is 0.283 e. The Morgan fingerprint density at radius 3 is 2.78 bits per heavy atom. The van der Waals surface area contributed by atoms with E-state index in [0.29, 0.717) is 0 Å². The average molecular weight is 311 g/mol. The lowest BCUT2D eigenvalue weighted by atomic mass is 10.0. The number of fused-ring (bicyclic) bond motifs is 6. The van der Waals surface area contributed by atoms with Crippen molar-refractivity contribution in [2.45, 2.75) is 11.4 Å². The van der Waals surface area contributed by atoms with Gasteiger partial charge in [-0.05, 0) is 0 Å². The Hall–Kier alpha value is -3.04. The van der Waals surface area contributed by atoms with E-state index in [1.165, 1.54) is 18.5 Å². The fourth-order valence-electron chi connectivity index (χ4n) is 3.39. The normalized spacial score (nSPS) is 27.7. The number of benzene rings is 1. The molecule has 5 rings (SSSR count). The highest BCUT2D eigenvalue weighted by Gasteiger charge is 2.69. The van der Waals surface area contributed by atoms with Crippen LogP contribution in [0.5, 0.6) is 0 Å². The van der Waals surface area contributed by atoms with Crippen molar-refractivity contribution in [3.8, 4) is 0 Å². The summed E-state index contributed by atoms with van der Waals surface area (Å²) in [7, 11) is 0. The van der Waals surface area contributed by atoms with Crippen LogP contribution in [0.1, 0.15) is 15.9 Å². The van der Waals surface area contributed by atoms with E-state index in [-0.39, 0.29) is 28.2 Å². The first-order valence-electron chi connectivity index (χ1n) is 6.82. The van der Waals surface area contributed by atoms with Crippen LogP contribution in [-0.2, 0) is 11.4 Å². The zero-order chi connectivity index (χ0) is 16.0. The van der Waals surface area contributed by atoms with Crippen LogP contribution < -0.4 is 10.9 Å². The average Bonchev–Trinajstić information content (AvgIpc) is 3.14. The van der Waals surface area contributed by atoms with Gasteiger partial charge in [0.25, 0.3) is 11.3 Å². The molecule has 0 saturated heterocycles. The van der Waals surface area contributed by atoms with Gasteiger partial charge < -0.3 is 20.5 Å². The maximum absolute atomic E-state index is 12.7. The van der Waals surface area contributed by atoms with Crippen LogP contribution >= 0.6 is 0 Å². The van der Waals surface area contributed by atoms with Gasteiger partial charge in [0.05, 0.1) is 6.33 Å². The van der Waals surface area contributed by atoms with E-state index in [4.69, 9.17) is 0 Å². The number of Topliss-reactive ketones (excluding diaryl/α,β-unsaturated/α-hetero) is 1. The number of H-pyrrole nitrogens is 1. The molecule has 0 radical (unpaired) electrons. The van der Waals surface area contributed by atoms with Gasteiger partial charge in [0.1, 0.15) is 0 Å². The number of anilines is 1. The third-order valence-corrected chi connectivity index (χ3v) is 4.46. The second kappa shape index (κ2) is 3.47. The molecule has 0 spiro atoms. The predicted molar refractivity (Wildman–Crippen MR) is 76.6 cm³/mol. The predicted octanol–water partition coefficient (Wildman–Crippen LogP) is -0.768. The lowest BCUT2D eigenvalue weighted by Crippen LogP contribution is -2.54. The topological polar surface area (TPSA) is 133 Å². The fraction of sp³-hybridized carbons (Fsp3) is 0.143. The standard InChI is InChI=1S/C14H9N5O4/c20-9-6-3-1-2-4-7(6)13(22)14(9,23)19-11(21)8-10(16-5-15-8)17-12(19)18-13/h1-5,22-23H,(H,15,16)(H,17,18). The highest BCUT2D eigenvalue weighted by molar-refractivity contribution is 6.08. The number of carbonyl (C=O) groups excluding carboxylic acids is 1. The summed E-state index contributed by atoms with van der Waals surface area (Å²) in [5, 5.41) is 24.6. The number of carbonyl (C=O) groups is 1.